The molecule has 1 N–H and O–H groups in total. The zero-order valence-electron chi connectivity index (χ0n) is 12.3. The first-order chi connectivity index (χ1) is 10.7. The second kappa shape index (κ2) is 6.43. The molecule has 3 rings (SSSR count). The topological polar surface area (TPSA) is 49.4 Å². The minimum absolute atomic E-state index is 0.131. The van der Waals surface area contributed by atoms with Crippen LogP contribution in [0.4, 0.5) is 11.4 Å². The van der Waals surface area contributed by atoms with E-state index in [-0.39, 0.29) is 11.8 Å². The summed E-state index contributed by atoms with van der Waals surface area (Å²) in [7, 11) is 0. The highest BCUT2D eigenvalue weighted by molar-refractivity contribution is 6.05. The van der Waals surface area contributed by atoms with Crippen LogP contribution >= 0.6 is 0 Å². The van der Waals surface area contributed by atoms with E-state index in [4.69, 9.17) is 0 Å². The van der Waals surface area contributed by atoms with Crippen LogP contribution in [-0.2, 0) is 4.79 Å². The zero-order chi connectivity index (χ0) is 15.4. The Balaban J connectivity index is 1.78. The van der Waals surface area contributed by atoms with Crippen LogP contribution in [0.25, 0.3) is 0 Å². The molecule has 2 aromatic carbocycles. The van der Waals surface area contributed by atoms with E-state index in [2.05, 4.69) is 5.32 Å². The minimum Gasteiger partial charge on any atom is -0.322 e. The molecule has 112 valence electrons. The van der Waals surface area contributed by atoms with Crippen molar-refractivity contribution in [1.29, 1.82) is 0 Å². The van der Waals surface area contributed by atoms with Crippen molar-refractivity contribution in [3.05, 3.63) is 60.2 Å². The summed E-state index contributed by atoms with van der Waals surface area (Å²) in [5, 5.41) is 2.86. The predicted octanol–water partition coefficient (Wildman–Crippen LogP) is 3.46. The van der Waals surface area contributed by atoms with E-state index in [1.165, 1.54) is 0 Å². The Morgan fingerprint density at radius 3 is 2.59 bits per heavy atom. The third kappa shape index (κ3) is 3.17. The number of hydrogen-bond acceptors (Lipinski definition) is 2. The molecule has 0 saturated carbocycles. The van der Waals surface area contributed by atoms with Crippen LogP contribution in [0.2, 0.25) is 0 Å². The molecule has 4 heteroatoms. The van der Waals surface area contributed by atoms with Gasteiger partial charge in [0.25, 0.3) is 5.91 Å². The molecule has 0 atom stereocenters. The second-order valence-electron chi connectivity index (χ2n) is 5.37. The molecule has 1 fully saturated rings. The molecule has 1 aliphatic rings. The normalized spacial score (nSPS) is 14.7. The largest absolute Gasteiger partial charge is 0.322 e. The van der Waals surface area contributed by atoms with E-state index >= 15 is 0 Å². The van der Waals surface area contributed by atoms with Gasteiger partial charge >= 0.3 is 0 Å². The van der Waals surface area contributed by atoms with Gasteiger partial charge in [0.1, 0.15) is 0 Å². The summed E-state index contributed by atoms with van der Waals surface area (Å²) in [6.45, 7) is 0.725. The molecule has 4 nitrogen and oxygen atoms in total. The molecular weight excluding hydrogens is 276 g/mol. The Kier molecular flexibility index (Phi) is 4.19. The molecule has 0 spiro atoms. The van der Waals surface area contributed by atoms with E-state index in [1.807, 2.05) is 42.5 Å². The van der Waals surface area contributed by atoms with Gasteiger partial charge in [-0.2, -0.15) is 0 Å². The lowest BCUT2D eigenvalue weighted by Crippen LogP contribution is -2.35. The average Bonchev–Trinajstić information content (AvgIpc) is 2.56. The Morgan fingerprint density at radius 2 is 1.82 bits per heavy atom. The Hall–Kier alpha value is -2.62. The van der Waals surface area contributed by atoms with Crippen molar-refractivity contribution < 1.29 is 9.59 Å². The van der Waals surface area contributed by atoms with Crippen LogP contribution in [0.3, 0.4) is 0 Å². The van der Waals surface area contributed by atoms with Gasteiger partial charge in [0.05, 0.1) is 0 Å². The van der Waals surface area contributed by atoms with Gasteiger partial charge < -0.3 is 10.2 Å². The zero-order valence-corrected chi connectivity index (χ0v) is 12.3. The summed E-state index contributed by atoms with van der Waals surface area (Å²) < 4.78 is 0. The lowest BCUT2D eigenvalue weighted by atomic mass is 10.1. The van der Waals surface area contributed by atoms with Crippen LogP contribution < -0.4 is 10.2 Å². The first kappa shape index (κ1) is 14.3. The van der Waals surface area contributed by atoms with Crippen molar-refractivity contribution in [2.24, 2.45) is 0 Å². The van der Waals surface area contributed by atoms with E-state index < -0.39 is 0 Å². The number of amides is 2. The fourth-order valence-electron chi connectivity index (χ4n) is 2.62. The van der Waals surface area contributed by atoms with Gasteiger partial charge in [-0.05, 0) is 43.2 Å². The van der Waals surface area contributed by atoms with Gasteiger partial charge in [0, 0.05) is 29.9 Å². The number of benzene rings is 2. The van der Waals surface area contributed by atoms with Crippen LogP contribution in [0.1, 0.15) is 29.6 Å². The van der Waals surface area contributed by atoms with E-state index in [0.717, 1.165) is 30.8 Å². The second-order valence-corrected chi connectivity index (χ2v) is 5.37. The Labute approximate surface area is 129 Å². The average molecular weight is 294 g/mol. The number of hydrogen-bond donors (Lipinski definition) is 1. The molecule has 0 radical (unpaired) electrons. The van der Waals surface area contributed by atoms with Gasteiger partial charge in [-0.25, -0.2) is 0 Å². The Bertz CT molecular complexity index is 682. The van der Waals surface area contributed by atoms with Gasteiger partial charge in [-0.3, -0.25) is 9.59 Å². The van der Waals surface area contributed by atoms with Crippen LogP contribution in [0, 0.1) is 0 Å². The highest BCUT2D eigenvalue weighted by atomic mass is 16.2. The molecule has 1 aliphatic heterocycles. The molecule has 2 amide bonds. The number of anilines is 2. The number of carbonyl (C=O) groups is 2. The molecule has 0 bridgehead atoms. The summed E-state index contributed by atoms with van der Waals surface area (Å²) in [5.74, 6) is -0.0376. The highest BCUT2D eigenvalue weighted by Crippen LogP contribution is 2.22. The molecule has 0 unspecified atom stereocenters. The van der Waals surface area contributed by atoms with E-state index in [1.54, 1.807) is 17.0 Å². The van der Waals surface area contributed by atoms with Crippen LogP contribution in [0.15, 0.2) is 54.6 Å². The number of para-hydroxylation sites is 1. The lowest BCUT2D eigenvalue weighted by molar-refractivity contribution is -0.119. The van der Waals surface area contributed by atoms with Crippen molar-refractivity contribution in [2.45, 2.75) is 19.3 Å². The smallest absolute Gasteiger partial charge is 0.255 e. The summed E-state index contributed by atoms with van der Waals surface area (Å²) in [5.41, 5.74) is 2.11. The summed E-state index contributed by atoms with van der Waals surface area (Å²) >= 11 is 0. The highest BCUT2D eigenvalue weighted by Gasteiger charge is 2.20. The SMILES string of the molecule is O=C(Nc1ccccc1)c1cccc(N2CCCCC2=O)c1. The van der Waals surface area contributed by atoms with Gasteiger partial charge in [0.15, 0.2) is 0 Å². The van der Waals surface area contributed by atoms with Crippen molar-refractivity contribution in [3.63, 3.8) is 0 Å². The quantitative estimate of drug-likeness (QED) is 0.942. The van der Waals surface area contributed by atoms with E-state index in [0.29, 0.717) is 12.0 Å². The van der Waals surface area contributed by atoms with Gasteiger partial charge in [0.2, 0.25) is 5.91 Å². The van der Waals surface area contributed by atoms with E-state index in [9.17, 15) is 9.59 Å². The van der Waals surface area contributed by atoms with Crippen LogP contribution in [0.5, 0.6) is 0 Å². The number of piperidine rings is 1. The fourth-order valence-corrected chi connectivity index (χ4v) is 2.62. The molecule has 1 saturated heterocycles. The third-order valence-electron chi connectivity index (χ3n) is 3.78. The predicted molar refractivity (Wildman–Crippen MR) is 87.0 cm³/mol. The van der Waals surface area contributed by atoms with Gasteiger partial charge in [-0.15, -0.1) is 0 Å². The fraction of sp³-hybridized carbons (Fsp3) is 0.222. The monoisotopic (exact) mass is 294 g/mol. The molecule has 0 aliphatic carbocycles. The first-order valence-corrected chi connectivity index (χ1v) is 7.51. The molecule has 2 aromatic rings. The standard InChI is InChI=1S/C18H18N2O2/c21-17-11-4-5-12-20(17)16-10-6-7-14(13-16)18(22)19-15-8-2-1-3-9-15/h1-3,6-10,13H,4-5,11-12H2,(H,19,22). The summed E-state index contributed by atoms with van der Waals surface area (Å²) in [6, 6.07) is 16.6. The molecule has 0 aromatic heterocycles. The number of nitrogens with zero attached hydrogens (tertiary/aromatic N) is 1. The maximum Gasteiger partial charge on any atom is 0.255 e. The van der Waals surface area contributed by atoms with Crippen molar-refractivity contribution in [2.75, 3.05) is 16.8 Å². The number of carbonyl (C=O) groups excluding carboxylic acids is 2. The first-order valence-electron chi connectivity index (χ1n) is 7.51. The molecule has 1 heterocycles. The Morgan fingerprint density at radius 1 is 1.00 bits per heavy atom. The van der Waals surface area contributed by atoms with Crippen molar-refractivity contribution in [1.82, 2.24) is 0 Å². The summed E-state index contributed by atoms with van der Waals surface area (Å²) in [6.07, 6.45) is 2.54. The third-order valence-corrected chi connectivity index (χ3v) is 3.78. The maximum atomic E-state index is 12.3. The minimum atomic E-state index is -0.169. The van der Waals surface area contributed by atoms with Crippen molar-refractivity contribution in [3.8, 4) is 0 Å². The van der Waals surface area contributed by atoms with Crippen molar-refractivity contribution >= 4 is 23.2 Å². The number of rotatable bonds is 3. The maximum absolute atomic E-state index is 12.3. The van der Waals surface area contributed by atoms with Gasteiger partial charge in [-0.1, -0.05) is 24.3 Å². The molecule has 22 heavy (non-hydrogen) atoms. The molecular formula is C18H18N2O2. The van der Waals surface area contributed by atoms with Crippen LogP contribution in [-0.4, -0.2) is 18.4 Å². The summed E-state index contributed by atoms with van der Waals surface area (Å²) in [4.78, 5) is 26.1. The number of nitrogens with one attached hydrogen (secondary N) is 1. The lowest BCUT2D eigenvalue weighted by Gasteiger charge is -2.27.